The van der Waals surface area contributed by atoms with Gasteiger partial charge in [0.2, 0.25) is 11.2 Å². The van der Waals surface area contributed by atoms with Crippen molar-refractivity contribution in [3.8, 4) is 0 Å². The summed E-state index contributed by atoms with van der Waals surface area (Å²) in [6.45, 7) is 5.30. The lowest BCUT2D eigenvalue weighted by Gasteiger charge is -2.29. The zero-order chi connectivity index (χ0) is 17.4. The number of hydrogen-bond donors (Lipinski definition) is 0. The molecule has 0 fully saturated rings. The molecule has 0 atom stereocenters. The third-order valence-electron chi connectivity index (χ3n) is 4.95. The van der Waals surface area contributed by atoms with Crippen molar-refractivity contribution in [3.05, 3.63) is 83.2 Å². The zero-order valence-corrected chi connectivity index (χ0v) is 15.0. The average molecular weight is 327 g/mol. The van der Waals surface area contributed by atoms with Crippen LogP contribution in [0.2, 0.25) is 0 Å². The maximum Gasteiger partial charge on any atom is 0.212 e. The molecule has 0 radical (unpaired) electrons. The molecule has 2 heterocycles. The Kier molecular flexibility index (Phi) is 3.89. The van der Waals surface area contributed by atoms with E-state index in [1.807, 2.05) is 0 Å². The van der Waals surface area contributed by atoms with Crippen molar-refractivity contribution < 1.29 is 4.57 Å². The van der Waals surface area contributed by atoms with Gasteiger partial charge in [-0.1, -0.05) is 29.8 Å². The molecule has 2 heteroatoms. The molecular formula is C23H23N2+. The molecule has 1 aliphatic heterocycles. The maximum atomic E-state index is 2.38. The molecule has 0 spiro atoms. The highest BCUT2D eigenvalue weighted by Gasteiger charge is 2.18. The molecule has 2 aromatic carbocycles. The Morgan fingerprint density at radius 3 is 2.68 bits per heavy atom. The predicted molar refractivity (Wildman–Crippen MR) is 106 cm³/mol. The number of benzene rings is 2. The lowest BCUT2D eigenvalue weighted by atomic mass is 10.0. The minimum atomic E-state index is 0.948. The Morgan fingerprint density at radius 2 is 1.84 bits per heavy atom. The number of allylic oxidation sites excluding steroid dienone is 1. The number of rotatable bonds is 2. The molecule has 0 unspecified atom stereocenters. The SMILES string of the molecule is CCN1C(=Cc2ccc3ccccc3[n+]2C)C=Cc2cc(C)ccc21. The molecule has 4 rings (SSSR count). The lowest BCUT2D eigenvalue weighted by molar-refractivity contribution is -0.646. The topological polar surface area (TPSA) is 7.12 Å². The molecule has 0 bridgehead atoms. The van der Waals surface area contributed by atoms with E-state index in [0.717, 1.165) is 6.54 Å². The predicted octanol–water partition coefficient (Wildman–Crippen LogP) is 4.87. The van der Waals surface area contributed by atoms with Crippen LogP contribution in [0.5, 0.6) is 0 Å². The number of aryl methyl sites for hydroxylation is 2. The number of anilines is 1. The average Bonchev–Trinajstić information content (AvgIpc) is 2.64. The summed E-state index contributed by atoms with van der Waals surface area (Å²) in [4.78, 5) is 2.38. The van der Waals surface area contributed by atoms with Crippen molar-refractivity contribution in [2.24, 2.45) is 7.05 Å². The van der Waals surface area contributed by atoms with Gasteiger partial charge in [0, 0.05) is 41.5 Å². The number of nitrogens with zero attached hydrogens (tertiary/aromatic N) is 2. The largest absolute Gasteiger partial charge is 0.341 e. The molecule has 1 aliphatic rings. The quantitative estimate of drug-likeness (QED) is 0.609. The van der Waals surface area contributed by atoms with E-state index in [2.05, 4.69) is 103 Å². The summed E-state index contributed by atoms with van der Waals surface area (Å²) in [5.41, 5.74) is 7.55. The number of para-hydroxylation sites is 1. The number of hydrogen-bond acceptors (Lipinski definition) is 1. The van der Waals surface area contributed by atoms with E-state index in [4.69, 9.17) is 0 Å². The van der Waals surface area contributed by atoms with Crippen molar-refractivity contribution >= 4 is 28.7 Å². The first-order valence-corrected chi connectivity index (χ1v) is 8.83. The van der Waals surface area contributed by atoms with Gasteiger partial charge in [-0.05, 0) is 49.8 Å². The van der Waals surface area contributed by atoms with Gasteiger partial charge in [0.15, 0.2) is 0 Å². The van der Waals surface area contributed by atoms with Gasteiger partial charge in [-0.15, -0.1) is 0 Å². The summed E-state index contributed by atoms with van der Waals surface area (Å²) >= 11 is 0. The van der Waals surface area contributed by atoms with Gasteiger partial charge in [0.1, 0.15) is 7.05 Å². The monoisotopic (exact) mass is 327 g/mol. The van der Waals surface area contributed by atoms with E-state index in [-0.39, 0.29) is 0 Å². The van der Waals surface area contributed by atoms with Crippen molar-refractivity contribution in [2.45, 2.75) is 13.8 Å². The Hall–Kier alpha value is -2.87. The minimum absolute atomic E-state index is 0.948. The highest BCUT2D eigenvalue weighted by atomic mass is 15.1. The second-order valence-electron chi connectivity index (χ2n) is 6.59. The smallest absolute Gasteiger partial charge is 0.212 e. The van der Waals surface area contributed by atoms with Gasteiger partial charge in [0.25, 0.3) is 0 Å². The fraction of sp³-hybridized carbons (Fsp3) is 0.174. The van der Waals surface area contributed by atoms with E-state index in [0.29, 0.717) is 0 Å². The molecule has 0 amide bonds. The van der Waals surface area contributed by atoms with Gasteiger partial charge in [-0.2, -0.15) is 4.57 Å². The lowest BCUT2D eigenvalue weighted by Crippen LogP contribution is -2.33. The summed E-state index contributed by atoms with van der Waals surface area (Å²) in [5.74, 6) is 0. The van der Waals surface area contributed by atoms with Crippen LogP contribution in [0.1, 0.15) is 23.7 Å². The number of likely N-dealkylation sites (N-methyl/N-ethyl adjacent to an activating group) is 1. The Bertz CT molecular complexity index is 1010. The van der Waals surface area contributed by atoms with Crippen LogP contribution < -0.4 is 9.47 Å². The molecular weight excluding hydrogens is 304 g/mol. The van der Waals surface area contributed by atoms with Gasteiger partial charge < -0.3 is 4.90 Å². The van der Waals surface area contributed by atoms with E-state index in [1.54, 1.807) is 0 Å². The molecule has 3 aromatic rings. The van der Waals surface area contributed by atoms with Crippen LogP contribution in [-0.4, -0.2) is 6.54 Å². The second kappa shape index (κ2) is 6.21. The molecule has 0 aliphatic carbocycles. The van der Waals surface area contributed by atoms with Crippen LogP contribution in [-0.2, 0) is 7.05 Å². The summed E-state index contributed by atoms with van der Waals surface area (Å²) in [5, 5.41) is 1.26. The summed E-state index contributed by atoms with van der Waals surface area (Å²) in [6.07, 6.45) is 6.72. The fourth-order valence-electron chi connectivity index (χ4n) is 3.59. The molecule has 0 saturated heterocycles. The van der Waals surface area contributed by atoms with Crippen LogP contribution in [0.15, 0.2) is 66.4 Å². The van der Waals surface area contributed by atoms with E-state index >= 15 is 0 Å². The van der Waals surface area contributed by atoms with Gasteiger partial charge in [-0.25, -0.2) is 0 Å². The molecule has 0 N–H and O–H groups in total. The Morgan fingerprint density at radius 1 is 1.00 bits per heavy atom. The van der Waals surface area contributed by atoms with E-state index < -0.39 is 0 Å². The van der Waals surface area contributed by atoms with E-state index in [1.165, 1.54) is 39.1 Å². The number of pyridine rings is 1. The zero-order valence-electron chi connectivity index (χ0n) is 15.0. The van der Waals surface area contributed by atoms with Gasteiger partial charge in [-0.3, -0.25) is 0 Å². The van der Waals surface area contributed by atoms with Crippen molar-refractivity contribution in [3.63, 3.8) is 0 Å². The Balaban J connectivity index is 1.82. The normalized spacial score (nSPS) is 15.0. The third kappa shape index (κ3) is 2.74. The highest BCUT2D eigenvalue weighted by molar-refractivity contribution is 5.81. The minimum Gasteiger partial charge on any atom is -0.341 e. The van der Waals surface area contributed by atoms with Crippen molar-refractivity contribution in [2.75, 3.05) is 11.4 Å². The van der Waals surface area contributed by atoms with Crippen LogP contribution in [0, 0.1) is 6.92 Å². The summed E-state index contributed by atoms with van der Waals surface area (Å²) in [6, 6.07) is 19.6. The molecule has 124 valence electrons. The second-order valence-corrected chi connectivity index (χ2v) is 6.59. The maximum absolute atomic E-state index is 2.38. The molecule has 25 heavy (non-hydrogen) atoms. The summed E-state index contributed by atoms with van der Waals surface area (Å²) < 4.78 is 2.26. The van der Waals surface area contributed by atoms with Crippen LogP contribution in [0.3, 0.4) is 0 Å². The molecule has 2 nitrogen and oxygen atoms in total. The summed E-state index contributed by atoms with van der Waals surface area (Å²) in [7, 11) is 2.13. The number of aromatic nitrogens is 1. The molecule has 1 aromatic heterocycles. The third-order valence-corrected chi connectivity index (χ3v) is 4.95. The number of fused-ring (bicyclic) bond motifs is 2. The van der Waals surface area contributed by atoms with Crippen LogP contribution in [0.4, 0.5) is 5.69 Å². The first kappa shape index (κ1) is 15.6. The van der Waals surface area contributed by atoms with Gasteiger partial charge >= 0.3 is 0 Å². The van der Waals surface area contributed by atoms with Crippen LogP contribution in [0.25, 0.3) is 23.1 Å². The fourth-order valence-corrected chi connectivity index (χ4v) is 3.59. The first-order valence-electron chi connectivity index (χ1n) is 8.83. The highest BCUT2D eigenvalue weighted by Crippen LogP contribution is 2.32. The van der Waals surface area contributed by atoms with E-state index in [9.17, 15) is 0 Å². The Labute approximate surface area is 149 Å². The van der Waals surface area contributed by atoms with Gasteiger partial charge in [0.05, 0.1) is 0 Å². The van der Waals surface area contributed by atoms with Crippen LogP contribution >= 0.6 is 0 Å². The standard InChI is InChI=1S/C23H23N2/c1-4-25-21(13-11-19-15-17(2)9-14-23(19)25)16-20-12-10-18-7-5-6-8-22(18)24(20)3/h5-16H,4H2,1-3H3/q+1. The molecule has 0 saturated carbocycles. The van der Waals surface area contributed by atoms with Crippen molar-refractivity contribution in [1.82, 2.24) is 0 Å². The van der Waals surface area contributed by atoms with Crippen molar-refractivity contribution in [1.29, 1.82) is 0 Å². The first-order chi connectivity index (χ1) is 12.2.